The third-order valence-electron chi connectivity index (χ3n) is 6.59. The summed E-state index contributed by atoms with van der Waals surface area (Å²) in [6, 6.07) is 2.76. The molecule has 1 aliphatic heterocycles. The predicted molar refractivity (Wildman–Crippen MR) is 139 cm³/mol. The lowest BCUT2D eigenvalue weighted by molar-refractivity contribution is -0.137. The van der Waals surface area contributed by atoms with Crippen LogP contribution in [-0.2, 0) is 23.9 Å². The number of benzene rings is 1. The normalized spacial score (nSPS) is 17.3. The Bertz CT molecular complexity index is 1510. The highest BCUT2D eigenvalue weighted by molar-refractivity contribution is 9.10. The van der Waals surface area contributed by atoms with E-state index in [0.717, 1.165) is 36.8 Å². The summed E-state index contributed by atoms with van der Waals surface area (Å²) >= 11 is 9.30. The fourth-order valence-corrected chi connectivity index (χ4v) is 5.32. The molecule has 1 atom stereocenters. The maximum Gasteiger partial charge on any atom is 0.416 e. The van der Waals surface area contributed by atoms with E-state index in [-0.39, 0.29) is 39.9 Å². The van der Waals surface area contributed by atoms with Crippen molar-refractivity contribution in [2.24, 2.45) is 4.99 Å². The van der Waals surface area contributed by atoms with Crippen molar-refractivity contribution in [1.29, 1.82) is 0 Å². The van der Waals surface area contributed by atoms with Crippen molar-refractivity contribution in [1.82, 2.24) is 14.5 Å². The van der Waals surface area contributed by atoms with Gasteiger partial charge in [-0.05, 0) is 53.4 Å². The Labute approximate surface area is 222 Å². The molecule has 1 aromatic carbocycles. The highest BCUT2D eigenvalue weighted by Gasteiger charge is 2.37. The Morgan fingerprint density at radius 2 is 2.11 bits per heavy atom. The van der Waals surface area contributed by atoms with Crippen molar-refractivity contribution in [2.45, 2.75) is 44.9 Å². The minimum absolute atomic E-state index is 0.0394. The van der Waals surface area contributed by atoms with Gasteiger partial charge in [0.15, 0.2) is 11.2 Å². The number of halogens is 5. The van der Waals surface area contributed by atoms with E-state index < -0.39 is 17.6 Å². The van der Waals surface area contributed by atoms with Gasteiger partial charge in [-0.15, -0.1) is 0 Å². The number of aliphatic imine (C=N–C) groups is 1. The number of rotatable bonds is 5. The van der Waals surface area contributed by atoms with Gasteiger partial charge in [0.05, 0.1) is 35.1 Å². The molecule has 1 N–H and O–H groups in total. The molecule has 8 nitrogen and oxygen atoms in total. The van der Waals surface area contributed by atoms with Crippen LogP contribution in [0, 0.1) is 0 Å². The highest BCUT2D eigenvalue weighted by atomic mass is 79.9. The summed E-state index contributed by atoms with van der Waals surface area (Å²) in [5.41, 5.74) is 1.37. The van der Waals surface area contributed by atoms with Gasteiger partial charge in [0.25, 0.3) is 0 Å². The Morgan fingerprint density at radius 3 is 2.76 bits per heavy atom. The van der Waals surface area contributed by atoms with Crippen LogP contribution >= 0.6 is 27.5 Å². The Kier molecular flexibility index (Phi) is 6.73. The van der Waals surface area contributed by atoms with Crippen LogP contribution in [0.1, 0.15) is 31.0 Å². The first-order chi connectivity index (χ1) is 17.6. The average molecular weight is 598 g/mol. The number of anilines is 2. The zero-order valence-electron chi connectivity index (χ0n) is 19.6. The van der Waals surface area contributed by atoms with Gasteiger partial charge in [-0.2, -0.15) is 13.2 Å². The van der Waals surface area contributed by atoms with Crippen LogP contribution < -0.4 is 15.6 Å². The molecule has 1 aliphatic carbocycles. The number of hydrogen-bond donors (Lipinski definition) is 1. The monoisotopic (exact) mass is 596 g/mol. The molecule has 0 spiro atoms. The molecule has 0 bridgehead atoms. The van der Waals surface area contributed by atoms with Crippen LogP contribution in [0.2, 0.25) is 5.02 Å². The second-order valence-corrected chi connectivity index (χ2v) is 10.0. The van der Waals surface area contributed by atoms with E-state index in [0.29, 0.717) is 35.5 Å². The smallest absolute Gasteiger partial charge is 0.357 e. The fourth-order valence-electron chi connectivity index (χ4n) is 4.81. The van der Waals surface area contributed by atoms with E-state index in [4.69, 9.17) is 11.6 Å². The van der Waals surface area contributed by atoms with E-state index in [9.17, 15) is 22.8 Å². The third-order valence-corrected chi connectivity index (χ3v) is 7.29. The van der Waals surface area contributed by atoms with Gasteiger partial charge in [0.2, 0.25) is 11.3 Å². The SMILES string of the molecule is CCc1c(N2CCN=C3CC[C@@H]32)c(=O)c2nc(Br)cnc2n1CC(=O)Nc1ccc(C(F)(F)F)cc1Cl. The van der Waals surface area contributed by atoms with Crippen LogP contribution in [-0.4, -0.2) is 45.3 Å². The van der Waals surface area contributed by atoms with Gasteiger partial charge in [0.1, 0.15) is 16.8 Å². The summed E-state index contributed by atoms with van der Waals surface area (Å²) in [6.45, 7) is 2.78. The summed E-state index contributed by atoms with van der Waals surface area (Å²) in [6.07, 6.45) is -0.898. The number of alkyl halides is 3. The van der Waals surface area contributed by atoms with Crippen LogP contribution in [0.15, 0.2) is 38.8 Å². The fraction of sp³-hybridized carbons (Fsp3) is 0.375. The summed E-state index contributed by atoms with van der Waals surface area (Å²) in [7, 11) is 0. The summed E-state index contributed by atoms with van der Waals surface area (Å²) in [5, 5.41) is 2.34. The van der Waals surface area contributed by atoms with Gasteiger partial charge >= 0.3 is 6.18 Å². The second kappa shape index (κ2) is 9.71. The molecule has 1 saturated carbocycles. The maximum atomic E-state index is 13.7. The van der Waals surface area contributed by atoms with Gasteiger partial charge in [-0.25, -0.2) is 9.97 Å². The van der Waals surface area contributed by atoms with E-state index in [1.54, 1.807) is 4.57 Å². The van der Waals surface area contributed by atoms with Crippen LogP contribution in [0.4, 0.5) is 24.5 Å². The second-order valence-electron chi connectivity index (χ2n) is 8.79. The van der Waals surface area contributed by atoms with E-state index >= 15 is 0 Å². The summed E-state index contributed by atoms with van der Waals surface area (Å²) < 4.78 is 41.0. The first-order valence-corrected chi connectivity index (χ1v) is 12.8. The van der Waals surface area contributed by atoms with Crippen LogP contribution in [0.3, 0.4) is 0 Å². The minimum atomic E-state index is -4.56. The van der Waals surface area contributed by atoms with Crippen molar-refractivity contribution in [3.63, 3.8) is 0 Å². The first-order valence-electron chi connectivity index (χ1n) is 11.6. The lowest BCUT2D eigenvalue weighted by Gasteiger charge is -2.43. The number of pyridine rings is 1. The van der Waals surface area contributed by atoms with E-state index in [2.05, 4.69) is 41.1 Å². The van der Waals surface area contributed by atoms with Crippen molar-refractivity contribution in [3.8, 4) is 0 Å². The molecule has 194 valence electrons. The lowest BCUT2D eigenvalue weighted by Crippen LogP contribution is -2.54. The molecule has 37 heavy (non-hydrogen) atoms. The summed E-state index contributed by atoms with van der Waals surface area (Å²) in [5.74, 6) is -0.540. The number of amides is 1. The molecule has 13 heteroatoms. The zero-order valence-corrected chi connectivity index (χ0v) is 21.9. The summed E-state index contributed by atoms with van der Waals surface area (Å²) in [4.78, 5) is 42.2. The molecule has 3 aromatic rings. The molecule has 0 unspecified atom stereocenters. The number of nitrogens with one attached hydrogen (secondary N) is 1. The van der Waals surface area contributed by atoms with Gasteiger partial charge in [-0.1, -0.05) is 18.5 Å². The minimum Gasteiger partial charge on any atom is -0.357 e. The molecular weight excluding hydrogens is 577 g/mol. The molecule has 2 aromatic heterocycles. The average Bonchev–Trinajstić information content (AvgIpc) is 2.82. The van der Waals surface area contributed by atoms with Gasteiger partial charge in [-0.3, -0.25) is 14.6 Å². The van der Waals surface area contributed by atoms with Gasteiger partial charge in [0, 0.05) is 18.0 Å². The maximum absolute atomic E-state index is 13.7. The standard InChI is InChI=1S/C24H21BrClF3N6O2/c1-2-16-21(34-8-7-30-15-5-6-17(15)34)22(37)20-23(31-10-18(25)33-20)35(16)11-19(36)32-14-4-3-12(9-13(14)26)24(27,28)29/h3-4,9-10,17H,2,5-8,11H2,1H3,(H,32,36)/t17-/m0/s1. The third kappa shape index (κ3) is 4.72. The number of nitrogens with zero attached hydrogens (tertiary/aromatic N) is 5. The molecule has 5 rings (SSSR count). The van der Waals surface area contributed by atoms with Crippen molar-refractivity contribution < 1.29 is 18.0 Å². The number of carbonyl (C=O) groups excluding carboxylic acids is 1. The van der Waals surface area contributed by atoms with E-state index in [1.807, 2.05) is 6.92 Å². The van der Waals surface area contributed by atoms with Gasteiger partial charge < -0.3 is 14.8 Å². The Balaban J connectivity index is 1.56. The Hall–Kier alpha value is -2.99. The molecule has 2 aliphatic rings. The lowest BCUT2D eigenvalue weighted by atomic mass is 9.86. The largest absolute Gasteiger partial charge is 0.416 e. The van der Waals surface area contributed by atoms with Crippen molar-refractivity contribution >= 4 is 61.7 Å². The molecule has 0 radical (unpaired) electrons. The zero-order chi connectivity index (χ0) is 26.5. The van der Waals surface area contributed by atoms with Crippen LogP contribution in [0.25, 0.3) is 11.2 Å². The molecular formula is C24H21BrClF3N6O2. The number of aromatic nitrogens is 3. The Morgan fingerprint density at radius 1 is 1.32 bits per heavy atom. The predicted octanol–water partition coefficient (Wildman–Crippen LogP) is 4.85. The van der Waals surface area contributed by atoms with Crippen LogP contribution in [0.5, 0.6) is 0 Å². The number of hydrogen-bond acceptors (Lipinski definition) is 6. The molecule has 0 saturated heterocycles. The topological polar surface area (TPSA) is 92.5 Å². The molecule has 1 fully saturated rings. The van der Waals surface area contributed by atoms with Crippen molar-refractivity contribution in [3.05, 3.63) is 55.5 Å². The number of fused-ring (bicyclic) bond motifs is 2. The quantitative estimate of drug-likeness (QED) is 0.454. The number of carbonyl (C=O) groups is 1. The van der Waals surface area contributed by atoms with Crippen molar-refractivity contribution in [2.75, 3.05) is 23.3 Å². The first kappa shape index (κ1) is 25.7. The van der Waals surface area contributed by atoms with E-state index in [1.165, 1.54) is 6.20 Å². The highest BCUT2D eigenvalue weighted by Crippen LogP contribution is 2.34. The molecule has 1 amide bonds. The molecule has 3 heterocycles.